The van der Waals surface area contributed by atoms with Crippen molar-refractivity contribution in [3.8, 4) is 0 Å². The molecule has 1 fully saturated rings. The summed E-state index contributed by atoms with van der Waals surface area (Å²) in [4.78, 5) is 13.0. The van der Waals surface area contributed by atoms with Gasteiger partial charge in [-0.25, -0.2) is 0 Å². The predicted molar refractivity (Wildman–Crippen MR) is 45.5 cm³/mol. The van der Waals surface area contributed by atoms with E-state index in [1.54, 1.807) is 4.90 Å². The van der Waals surface area contributed by atoms with Crippen LogP contribution in [-0.2, 0) is 4.79 Å². The lowest BCUT2D eigenvalue weighted by atomic mass is 10.3. The molecule has 4 heteroatoms. The number of likely N-dealkylation sites (tertiary alicyclic amines) is 1. The predicted octanol–water partition coefficient (Wildman–Crippen LogP) is -0.681. The van der Waals surface area contributed by atoms with E-state index in [1.807, 2.05) is 0 Å². The number of amides is 1. The lowest BCUT2D eigenvalue weighted by Crippen LogP contribution is -2.29. The normalized spacial score (nSPS) is 23.2. The number of hydrogen-bond donors (Lipinski definition) is 2. The van der Waals surface area contributed by atoms with E-state index in [4.69, 9.17) is 10.8 Å². The van der Waals surface area contributed by atoms with Gasteiger partial charge in [-0.1, -0.05) is 0 Å². The van der Waals surface area contributed by atoms with Gasteiger partial charge in [0.25, 0.3) is 0 Å². The van der Waals surface area contributed by atoms with Gasteiger partial charge in [-0.05, 0) is 19.4 Å². The second-order valence-corrected chi connectivity index (χ2v) is 3.17. The first kappa shape index (κ1) is 9.48. The van der Waals surface area contributed by atoms with Crippen molar-refractivity contribution in [2.45, 2.75) is 25.4 Å². The molecule has 1 saturated heterocycles. The number of nitrogens with two attached hydrogens (primary N) is 1. The van der Waals surface area contributed by atoms with Gasteiger partial charge >= 0.3 is 0 Å². The number of carbonyl (C=O) groups is 1. The third kappa shape index (κ3) is 2.46. The molecule has 3 N–H and O–H groups in total. The summed E-state index contributed by atoms with van der Waals surface area (Å²) in [6.45, 7) is 1.76. The molecule has 0 aliphatic carbocycles. The zero-order chi connectivity index (χ0) is 8.97. The second kappa shape index (κ2) is 4.42. The molecule has 1 aliphatic rings. The highest BCUT2D eigenvalue weighted by Gasteiger charge is 2.23. The van der Waals surface area contributed by atoms with Gasteiger partial charge in [0.1, 0.15) is 0 Å². The Bertz CT molecular complexity index is 161. The number of carbonyl (C=O) groups excluding carboxylic acids is 1. The van der Waals surface area contributed by atoms with Gasteiger partial charge in [-0.15, -0.1) is 0 Å². The zero-order valence-corrected chi connectivity index (χ0v) is 7.20. The van der Waals surface area contributed by atoms with Crippen LogP contribution in [0.4, 0.5) is 0 Å². The van der Waals surface area contributed by atoms with Crippen molar-refractivity contribution in [3.05, 3.63) is 0 Å². The maximum Gasteiger partial charge on any atom is 0.222 e. The summed E-state index contributed by atoms with van der Waals surface area (Å²) in [5.41, 5.74) is 5.28. The largest absolute Gasteiger partial charge is 0.391 e. The Balaban J connectivity index is 2.23. The van der Waals surface area contributed by atoms with Crippen LogP contribution in [0.1, 0.15) is 19.3 Å². The fourth-order valence-corrected chi connectivity index (χ4v) is 1.38. The lowest BCUT2D eigenvalue weighted by Gasteiger charge is -2.14. The van der Waals surface area contributed by atoms with E-state index < -0.39 is 0 Å². The molecule has 0 aromatic carbocycles. The first-order valence-electron chi connectivity index (χ1n) is 4.40. The minimum atomic E-state index is -0.313. The van der Waals surface area contributed by atoms with Gasteiger partial charge in [0.05, 0.1) is 6.10 Å². The molecule has 0 radical (unpaired) electrons. The monoisotopic (exact) mass is 172 g/mol. The summed E-state index contributed by atoms with van der Waals surface area (Å²) in [6, 6.07) is 0. The van der Waals surface area contributed by atoms with Gasteiger partial charge in [-0.3, -0.25) is 4.79 Å². The van der Waals surface area contributed by atoms with Gasteiger partial charge in [-0.2, -0.15) is 0 Å². The van der Waals surface area contributed by atoms with Gasteiger partial charge in [0.2, 0.25) is 5.91 Å². The smallest absolute Gasteiger partial charge is 0.222 e. The van der Waals surface area contributed by atoms with Crippen molar-refractivity contribution in [2.75, 3.05) is 19.6 Å². The molecule has 4 nitrogen and oxygen atoms in total. The van der Waals surface area contributed by atoms with E-state index in [0.29, 0.717) is 32.5 Å². The van der Waals surface area contributed by atoms with E-state index >= 15 is 0 Å². The highest BCUT2D eigenvalue weighted by Crippen LogP contribution is 2.10. The molecule has 12 heavy (non-hydrogen) atoms. The van der Waals surface area contributed by atoms with Crippen LogP contribution < -0.4 is 5.73 Å². The van der Waals surface area contributed by atoms with Gasteiger partial charge < -0.3 is 15.7 Å². The van der Waals surface area contributed by atoms with E-state index in [1.165, 1.54) is 0 Å². The summed E-state index contributed by atoms with van der Waals surface area (Å²) < 4.78 is 0. The molecule has 0 aromatic heterocycles. The third-order valence-corrected chi connectivity index (χ3v) is 2.11. The van der Waals surface area contributed by atoms with E-state index in [0.717, 1.165) is 6.42 Å². The molecule has 0 bridgehead atoms. The Labute approximate surface area is 72.3 Å². The molecular weight excluding hydrogens is 156 g/mol. The fourth-order valence-electron chi connectivity index (χ4n) is 1.38. The molecule has 0 saturated carbocycles. The van der Waals surface area contributed by atoms with Crippen LogP contribution in [-0.4, -0.2) is 41.7 Å². The maximum atomic E-state index is 11.3. The Kier molecular flexibility index (Phi) is 3.49. The lowest BCUT2D eigenvalue weighted by molar-refractivity contribution is -0.130. The van der Waals surface area contributed by atoms with Gasteiger partial charge in [0, 0.05) is 19.5 Å². The van der Waals surface area contributed by atoms with Crippen molar-refractivity contribution in [1.29, 1.82) is 0 Å². The van der Waals surface area contributed by atoms with Crippen molar-refractivity contribution in [2.24, 2.45) is 5.73 Å². The zero-order valence-electron chi connectivity index (χ0n) is 7.20. The van der Waals surface area contributed by atoms with Crippen LogP contribution in [0.5, 0.6) is 0 Å². The molecule has 0 spiro atoms. The Morgan fingerprint density at radius 3 is 2.92 bits per heavy atom. The topological polar surface area (TPSA) is 66.6 Å². The highest BCUT2D eigenvalue weighted by atomic mass is 16.3. The van der Waals surface area contributed by atoms with Gasteiger partial charge in [0.15, 0.2) is 0 Å². The average Bonchev–Trinajstić information content (AvgIpc) is 2.47. The highest BCUT2D eigenvalue weighted by molar-refractivity contribution is 5.76. The number of aliphatic hydroxyl groups excluding tert-OH is 1. The summed E-state index contributed by atoms with van der Waals surface area (Å²) in [5.74, 6) is 0.122. The number of rotatable bonds is 3. The fraction of sp³-hybridized carbons (Fsp3) is 0.875. The number of hydrogen-bond acceptors (Lipinski definition) is 3. The van der Waals surface area contributed by atoms with Crippen LogP contribution in [0.2, 0.25) is 0 Å². The molecule has 1 amide bonds. The first-order chi connectivity index (χ1) is 5.74. The standard InChI is InChI=1S/C8H16N2O2/c9-4-1-2-8(12)10-5-3-7(11)6-10/h7,11H,1-6,9H2/t7-/m0/s1. The summed E-state index contributed by atoms with van der Waals surface area (Å²) in [5, 5.41) is 9.16. The molecule has 70 valence electrons. The van der Waals surface area contributed by atoms with Crippen LogP contribution in [0.25, 0.3) is 0 Å². The summed E-state index contributed by atoms with van der Waals surface area (Å²) in [7, 11) is 0. The van der Waals surface area contributed by atoms with Crippen LogP contribution in [0.3, 0.4) is 0 Å². The van der Waals surface area contributed by atoms with Crippen molar-refractivity contribution in [3.63, 3.8) is 0 Å². The number of aliphatic hydroxyl groups is 1. The number of β-amino-alcohol motifs (C(OH)–C–C–N with tert-alkyl or cyclic N) is 1. The third-order valence-electron chi connectivity index (χ3n) is 2.11. The summed E-state index contributed by atoms with van der Waals surface area (Å²) >= 11 is 0. The SMILES string of the molecule is NCCCC(=O)N1CC[C@H](O)C1. The van der Waals surface area contributed by atoms with Crippen molar-refractivity contribution in [1.82, 2.24) is 4.90 Å². The van der Waals surface area contributed by atoms with E-state index in [9.17, 15) is 4.79 Å². The van der Waals surface area contributed by atoms with Crippen LogP contribution in [0, 0.1) is 0 Å². The first-order valence-corrected chi connectivity index (χ1v) is 4.40. The molecule has 1 heterocycles. The Morgan fingerprint density at radius 2 is 2.42 bits per heavy atom. The number of nitrogens with zero attached hydrogens (tertiary/aromatic N) is 1. The quantitative estimate of drug-likeness (QED) is 0.592. The van der Waals surface area contributed by atoms with Crippen molar-refractivity contribution < 1.29 is 9.90 Å². The minimum absolute atomic E-state index is 0.122. The molecule has 0 aromatic rings. The molecule has 1 aliphatic heterocycles. The molecular formula is C8H16N2O2. The van der Waals surface area contributed by atoms with E-state index in [-0.39, 0.29) is 12.0 Å². The molecule has 1 atom stereocenters. The second-order valence-electron chi connectivity index (χ2n) is 3.17. The Morgan fingerprint density at radius 1 is 1.67 bits per heavy atom. The van der Waals surface area contributed by atoms with Crippen molar-refractivity contribution >= 4 is 5.91 Å². The summed E-state index contributed by atoms with van der Waals surface area (Å²) in [6.07, 6.45) is 1.66. The minimum Gasteiger partial charge on any atom is -0.391 e. The molecule has 1 rings (SSSR count). The van der Waals surface area contributed by atoms with Crippen LogP contribution in [0.15, 0.2) is 0 Å². The van der Waals surface area contributed by atoms with E-state index in [2.05, 4.69) is 0 Å². The average molecular weight is 172 g/mol. The Hall–Kier alpha value is -0.610. The van der Waals surface area contributed by atoms with Crippen LogP contribution >= 0.6 is 0 Å². The molecule has 0 unspecified atom stereocenters. The maximum absolute atomic E-state index is 11.3.